The quantitative estimate of drug-likeness (QED) is 0.771. The Hall–Kier alpha value is -0.850. The molecule has 0 aromatic carbocycles. The van der Waals surface area contributed by atoms with Gasteiger partial charge in [0.1, 0.15) is 16.4 Å². The summed E-state index contributed by atoms with van der Waals surface area (Å²) in [6.07, 6.45) is 4.61. The van der Waals surface area contributed by atoms with Crippen LogP contribution in [0.5, 0.6) is 0 Å². The molecule has 118 valence electrons. The first kappa shape index (κ1) is 15.1. The van der Waals surface area contributed by atoms with Crippen LogP contribution in [0.3, 0.4) is 0 Å². The van der Waals surface area contributed by atoms with Crippen molar-refractivity contribution in [2.75, 3.05) is 6.54 Å². The zero-order valence-electron chi connectivity index (χ0n) is 12.7. The highest BCUT2D eigenvalue weighted by atomic mass is 32.2. The molecule has 2 aliphatic carbocycles. The molecule has 21 heavy (non-hydrogen) atoms. The van der Waals surface area contributed by atoms with E-state index in [-0.39, 0.29) is 6.04 Å². The maximum atomic E-state index is 12.6. The first-order valence-electron chi connectivity index (χ1n) is 7.83. The van der Waals surface area contributed by atoms with Crippen molar-refractivity contribution in [1.29, 1.82) is 0 Å². The zero-order valence-corrected chi connectivity index (χ0v) is 13.5. The highest BCUT2D eigenvalue weighted by molar-refractivity contribution is 7.89. The molecular formula is C15H24N2O3S. The lowest BCUT2D eigenvalue weighted by Gasteiger charge is -2.17. The predicted octanol–water partition coefficient (Wildman–Crippen LogP) is 2.16. The minimum absolute atomic E-state index is 0.126. The van der Waals surface area contributed by atoms with E-state index in [9.17, 15) is 8.42 Å². The van der Waals surface area contributed by atoms with E-state index in [0.717, 1.165) is 32.2 Å². The Morgan fingerprint density at radius 2 is 1.90 bits per heavy atom. The van der Waals surface area contributed by atoms with Crippen molar-refractivity contribution in [3.05, 3.63) is 17.6 Å². The van der Waals surface area contributed by atoms with Gasteiger partial charge in [0.25, 0.3) is 0 Å². The predicted molar refractivity (Wildman–Crippen MR) is 80.4 cm³/mol. The normalized spacial score (nSPS) is 19.4. The smallest absolute Gasteiger partial charge is 0.244 e. The number of nitrogens with one attached hydrogen (secondary N) is 2. The monoisotopic (exact) mass is 312 g/mol. The van der Waals surface area contributed by atoms with Gasteiger partial charge in [0.15, 0.2) is 0 Å². The Morgan fingerprint density at radius 1 is 1.29 bits per heavy atom. The number of aryl methyl sites for hydroxylation is 1. The maximum Gasteiger partial charge on any atom is 0.244 e. The molecule has 2 aliphatic rings. The van der Waals surface area contributed by atoms with Gasteiger partial charge in [-0.05, 0) is 51.0 Å². The molecule has 2 saturated carbocycles. The highest BCUT2D eigenvalue weighted by Crippen LogP contribution is 2.45. The van der Waals surface area contributed by atoms with E-state index in [1.54, 1.807) is 13.0 Å². The van der Waals surface area contributed by atoms with E-state index in [1.165, 1.54) is 0 Å². The molecule has 0 radical (unpaired) electrons. The standard InChI is InChI=1S/C15H24N2O3S/c1-3-16-9-13-8-14(10(2)20-13)21(18,19)17-15(11-4-5-11)12-6-7-12/h8,11-12,15-17H,3-7,9H2,1-2H3. The maximum absolute atomic E-state index is 12.6. The van der Waals surface area contributed by atoms with E-state index < -0.39 is 10.0 Å². The van der Waals surface area contributed by atoms with E-state index in [0.29, 0.717) is 34.8 Å². The van der Waals surface area contributed by atoms with Crippen LogP contribution in [0.1, 0.15) is 44.1 Å². The van der Waals surface area contributed by atoms with Gasteiger partial charge in [-0.15, -0.1) is 0 Å². The van der Waals surface area contributed by atoms with Crippen LogP contribution in [-0.2, 0) is 16.6 Å². The lowest BCUT2D eigenvalue weighted by molar-refractivity contribution is 0.455. The van der Waals surface area contributed by atoms with E-state index in [2.05, 4.69) is 10.0 Å². The second-order valence-corrected chi connectivity index (χ2v) is 7.92. The zero-order chi connectivity index (χ0) is 15.0. The Balaban J connectivity index is 1.75. The molecule has 0 amide bonds. The lowest BCUT2D eigenvalue weighted by Crippen LogP contribution is -2.38. The van der Waals surface area contributed by atoms with E-state index >= 15 is 0 Å². The number of hydrogen-bond donors (Lipinski definition) is 2. The van der Waals surface area contributed by atoms with Crippen molar-refractivity contribution in [3.63, 3.8) is 0 Å². The highest BCUT2D eigenvalue weighted by Gasteiger charge is 2.43. The van der Waals surface area contributed by atoms with Crippen molar-refractivity contribution >= 4 is 10.0 Å². The third-order valence-electron chi connectivity index (χ3n) is 4.31. The molecule has 2 N–H and O–H groups in total. The largest absolute Gasteiger partial charge is 0.464 e. The van der Waals surface area contributed by atoms with E-state index in [1.807, 2.05) is 6.92 Å². The van der Waals surface area contributed by atoms with Gasteiger partial charge in [-0.3, -0.25) is 0 Å². The molecule has 0 saturated heterocycles. The van der Waals surface area contributed by atoms with Crippen LogP contribution < -0.4 is 10.0 Å². The van der Waals surface area contributed by atoms with Crippen molar-refractivity contribution in [2.24, 2.45) is 11.8 Å². The molecule has 1 aromatic heterocycles. The Morgan fingerprint density at radius 3 is 2.43 bits per heavy atom. The Bertz CT molecular complexity index is 588. The summed E-state index contributed by atoms with van der Waals surface area (Å²) in [5.74, 6) is 2.23. The van der Waals surface area contributed by atoms with Crippen LogP contribution in [0, 0.1) is 18.8 Å². The average Bonchev–Trinajstić information content (AvgIpc) is 3.32. The van der Waals surface area contributed by atoms with Gasteiger partial charge in [-0.2, -0.15) is 0 Å². The van der Waals surface area contributed by atoms with Gasteiger partial charge in [-0.1, -0.05) is 6.92 Å². The second kappa shape index (κ2) is 5.74. The lowest BCUT2D eigenvalue weighted by atomic mass is 10.1. The van der Waals surface area contributed by atoms with Crippen molar-refractivity contribution in [1.82, 2.24) is 10.0 Å². The van der Waals surface area contributed by atoms with Crippen LogP contribution >= 0.6 is 0 Å². The van der Waals surface area contributed by atoms with Crippen LogP contribution in [0.4, 0.5) is 0 Å². The summed E-state index contributed by atoms with van der Waals surface area (Å²) in [6, 6.07) is 1.78. The molecular weight excluding hydrogens is 288 g/mol. The summed E-state index contributed by atoms with van der Waals surface area (Å²) in [4.78, 5) is 0.293. The van der Waals surface area contributed by atoms with Gasteiger partial charge >= 0.3 is 0 Å². The molecule has 5 nitrogen and oxygen atoms in total. The van der Waals surface area contributed by atoms with Crippen LogP contribution in [0.15, 0.2) is 15.4 Å². The third kappa shape index (κ3) is 3.49. The van der Waals surface area contributed by atoms with Gasteiger partial charge in [0.05, 0.1) is 6.54 Å². The van der Waals surface area contributed by atoms with Crippen molar-refractivity contribution < 1.29 is 12.8 Å². The van der Waals surface area contributed by atoms with Gasteiger partial charge in [0.2, 0.25) is 10.0 Å². The molecule has 0 atom stereocenters. The molecule has 6 heteroatoms. The Kier molecular flexibility index (Phi) is 4.12. The summed E-state index contributed by atoms with van der Waals surface area (Å²) in [5.41, 5.74) is 0. The molecule has 2 fully saturated rings. The Labute approximate surface area is 126 Å². The fourth-order valence-electron chi connectivity index (χ4n) is 2.86. The topological polar surface area (TPSA) is 71.3 Å². The fraction of sp³-hybridized carbons (Fsp3) is 0.733. The summed E-state index contributed by atoms with van der Waals surface area (Å²) >= 11 is 0. The molecule has 1 aromatic rings. The van der Waals surface area contributed by atoms with Crippen LogP contribution in [-0.4, -0.2) is 21.0 Å². The van der Waals surface area contributed by atoms with Gasteiger partial charge in [0, 0.05) is 12.1 Å². The fourth-order valence-corrected chi connectivity index (χ4v) is 4.43. The second-order valence-electron chi connectivity index (χ2n) is 6.24. The average molecular weight is 312 g/mol. The first-order valence-corrected chi connectivity index (χ1v) is 9.32. The number of hydrogen-bond acceptors (Lipinski definition) is 4. The first-order chi connectivity index (χ1) is 10.0. The summed E-state index contributed by atoms with van der Waals surface area (Å²) in [5, 5.41) is 3.14. The molecule has 0 bridgehead atoms. The van der Waals surface area contributed by atoms with Crippen molar-refractivity contribution in [3.8, 4) is 0 Å². The third-order valence-corrected chi connectivity index (χ3v) is 5.88. The van der Waals surface area contributed by atoms with Gasteiger partial charge < -0.3 is 9.73 Å². The number of sulfonamides is 1. The SMILES string of the molecule is CCNCc1cc(S(=O)(=O)NC(C2CC2)C2CC2)c(C)o1. The summed E-state index contributed by atoms with van der Waals surface area (Å²) in [6.45, 7) is 5.10. The summed E-state index contributed by atoms with van der Waals surface area (Å²) in [7, 11) is -3.48. The van der Waals surface area contributed by atoms with Crippen LogP contribution in [0.25, 0.3) is 0 Å². The van der Waals surface area contributed by atoms with Crippen molar-refractivity contribution in [2.45, 2.75) is 57.0 Å². The molecule has 0 spiro atoms. The molecule has 0 aliphatic heterocycles. The molecule has 0 unspecified atom stereocenters. The number of furan rings is 1. The molecule has 1 heterocycles. The minimum Gasteiger partial charge on any atom is -0.464 e. The molecule has 3 rings (SSSR count). The van der Waals surface area contributed by atoms with Gasteiger partial charge in [-0.25, -0.2) is 13.1 Å². The summed E-state index contributed by atoms with van der Waals surface area (Å²) < 4.78 is 33.7. The minimum atomic E-state index is -3.48. The number of rotatable bonds is 8. The van der Waals surface area contributed by atoms with E-state index in [4.69, 9.17) is 4.42 Å². The van der Waals surface area contributed by atoms with Crippen LogP contribution in [0.2, 0.25) is 0 Å².